The van der Waals surface area contributed by atoms with Crippen molar-refractivity contribution in [2.45, 2.75) is 26.1 Å². The van der Waals surface area contributed by atoms with Crippen LogP contribution in [0, 0.1) is 0 Å². The first-order chi connectivity index (χ1) is 16.0. The number of ether oxygens (including phenoxy) is 2. The average molecular weight is 468 g/mol. The minimum Gasteiger partial charge on any atom is -0.497 e. The highest BCUT2D eigenvalue weighted by molar-refractivity contribution is 6.32. The third-order valence-corrected chi connectivity index (χ3v) is 5.40. The fraction of sp³-hybridized carbons (Fsp3) is 0.240. The van der Waals surface area contributed by atoms with Crippen molar-refractivity contribution in [3.05, 3.63) is 89.2 Å². The summed E-state index contributed by atoms with van der Waals surface area (Å²) >= 11 is 6.13. The number of hydrogen-bond acceptors (Lipinski definition) is 5. The van der Waals surface area contributed by atoms with E-state index in [4.69, 9.17) is 21.1 Å². The maximum atomic E-state index is 13.1. The molecule has 2 aromatic carbocycles. The van der Waals surface area contributed by atoms with Crippen LogP contribution in [-0.4, -0.2) is 41.5 Å². The van der Waals surface area contributed by atoms with Gasteiger partial charge in [-0.25, -0.2) is 0 Å². The molecule has 1 N–H and O–H groups in total. The average Bonchev–Trinajstić information content (AvgIpc) is 2.85. The number of hydrogen-bond donors (Lipinski definition) is 1. The summed E-state index contributed by atoms with van der Waals surface area (Å²) in [5, 5.41) is 3.29. The van der Waals surface area contributed by atoms with Gasteiger partial charge in [0.05, 0.1) is 12.1 Å². The van der Waals surface area contributed by atoms with Crippen LogP contribution in [0.4, 0.5) is 0 Å². The molecule has 3 aromatic rings. The van der Waals surface area contributed by atoms with E-state index < -0.39 is 6.04 Å². The third-order valence-electron chi connectivity index (χ3n) is 5.08. The van der Waals surface area contributed by atoms with Gasteiger partial charge in [0.1, 0.15) is 17.5 Å². The van der Waals surface area contributed by atoms with Gasteiger partial charge >= 0.3 is 0 Å². The van der Waals surface area contributed by atoms with Crippen molar-refractivity contribution in [2.75, 3.05) is 13.7 Å². The summed E-state index contributed by atoms with van der Waals surface area (Å²) < 4.78 is 10.8. The number of amides is 2. The first kappa shape index (κ1) is 24.1. The molecule has 0 aliphatic rings. The van der Waals surface area contributed by atoms with E-state index in [0.717, 1.165) is 11.1 Å². The molecule has 0 radical (unpaired) electrons. The van der Waals surface area contributed by atoms with E-state index in [9.17, 15) is 9.59 Å². The summed E-state index contributed by atoms with van der Waals surface area (Å²) in [6, 6.07) is 17.2. The topological polar surface area (TPSA) is 80.8 Å². The molecule has 0 aliphatic heterocycles. The summed E-state index contributed by atoms with van der Waals surface area (Å²) in [7, 11) is 1.59. The summed E-state index contributed by atoms with van der Waals surface area (Å²) in [6.07, 6.45) is 3.33. The lowest BCUT2D eigenvalue weighted by Crippen LogP contribution is -2.48. The number of aromatic nitrogens is 1. The van der Waals surface area contributed by atoms with Crippen LogP contribution in [-0.2, 0) is 22.7 Å². The van der Waals surface area contributed by atoms with Crippen LogP contribution in [0.5, 0.6) is 11.5 Å². The Balaban J connectivity index is 1.71. The first-order valence-corrected chi connectivity index (χ1v) is 10.8. The molecule has 1 atom stereocenters. The standard InChI is InChI=1S/C25H26ClN3O4/c1-18(25(31)28-15-19-11-13-27-14-12-19)29(16-20-7-9-21(32-2)10-8-20)24(30)17-33-23-6-4-3-5-22(23)26/h3-14,18H,15-17H2,1-2H3,(H,28,31)/t18-/m0/s1. The Morgan fingerprint density at radius 1 is 1.03 bits per heavy atom. The number of rotatable bonds is 10. The van der Waals surface area contributed by atoms with Gasteiger partial charge in [0.2, 0.25) is 5.91 Å². The molecule has 0 bridgehead atoms. The van der Waals surface area contributed by atoms with Crippen LogP contribution in [0.3, 0.4) is 0 Å². The van der Waals surface area contributed by atoms with Gasteiger partial charge in [0.15, 0.2) is 6.61 Å². The van der Waals surface area contributed by atoms with Gasteiger partial charge in [-0.3, -0.25) is 14.6 Å². The number of nitrogens with zero attached hydrogens (tertiary/aromatic N) is 2. The van der Waals surface area contributed by atoms with Crippen molar-refractivity contribution in [2.24, 2.45) is 0 Å². The maximum absolute atomic E-state index is 13.1. The molecule has 1 aromatic heterocycles. The number of pyridine rings is 1. The fourth-order valence-electron chi connectivity index (χ4n) is 3.13. The van der Waals surface area contributed by atoms with Crippen LogP contribution >= 0.6 is 11.6 Å². The number of benzene rings is 2. The van der Waals surface area contributed by atoms with Crippen molar-refractivity contribution in [1.82, 2.24) is 15.2 Å². The summed E-state index contributed by atoms with van der Waals surface area (Å²) in [4.78, 5) is 31.5. The highest BCUT2D eigenvalue weighted by Gasteiger charge is 2.26. The third kappa shape index (κ3) is 6.95. The van der Waals surface area contributed by atoms with Gasteiger partial charge in [0, 0.05) is 25.5 Å². The van der Waals surface area contributed by atoms with Gasteiger partial charge in [-0.1, -0.05) is 35.9 Å². The van der Waals surface area contributed by atoms with E-state index >= 15 is 0 Å². The zero-order valence-corrected chi connectivity index (χ0v) is 19.3. The lowest BCUT2D eigenvalue weighted by molar-refractivity contribution is -0.142. The first-order valence-electron chi connectivity index (χ1n) is 10.4. The van der Waals surface area contributed by atoms with Gasteiger partial charge in [-0.2, -0.15) is 0 Å². The fourth-order valence-corrected chi connectivity index (χ4v) is 3.32. The molecular formula is C25H26ClN3O4. The maximum Gasteiger partial charge on any atom is 0.261 e. The Morgan fingerprint density at radius 2 is 1.73 bits per heavy atom. The SMILES string of the molecule is COc1ccc(CN(C(=O)COc2ccccc2Cl)[C@@H](C)C(=O)NCc2ccncc2)cc1. The molecule has 172 valence electrons. The molecule has 0 aliphatic carbocycles. The van der Waals surface area contributed by atoms with Crippen LogP contribution in [0.1, 0.15) is 18.1 Å². The Hall–Kier alpha value is -3.58. The Bertz CT molecular complexity index is 1060. The summed E-state index contributed by atoms with van der Waals surface area (Å²) in [6.45, 7) is 2.02. The second-order valence-electron chi connectivity index (χ2n) is 7.34. The molecular weight excluding hydrogens is 442 g/mol. The number of nitrogens with one attached hydrogen (secondary N) is 1. The van der Waals surface area contributed by atoms with Crippen molar-refractivity contribution in [1.29, 1.82) is 0 Å². The van der Waals surface area contributed by atoms with Crippen molar-refractivity contribution in [3.63, 3.8) is 0 Å². The van der Waals surface area contributed by atoms with Crippen molar-refractivity contribution < 1.29 is 19.1 Å². The van der Waals surface area contributed by atoms with Gasteiger partial charge in [-0.05, 0) is 54.4 Å². The van der Waals surface area contributed by atoms with E-state index in [1.54, 1.807) is 50.7 Å². The van der Waals surface area contributed by atoms with Crippen LogP contribution in [0.25, 0.3) is 0 Å². The highest BCUT2D eigenvalue weighted by Crippen LogP contribution is 2.23. The zero-order chi connectivity index (χ0) is 23.6. The van der Waals surface area contributed by atoms with Crippen molar-refractivity contribution in [3.8, 4) is 11.5 Å². The van der Waals surface area contributed by atoms with Crippen LogP contribution < -0.4 is 14.8 Å². The molecule has 1 heterocycles. The van der Waals surface area contributed by atoms with Gasteiger partial charge < -0.3 is 19.7 Å². The second kappa shape index (κ2) is 11.9. The Morgan fingerprint density at radius 3 is 2.39 bits per heavy atom. The molecule has 33 heavy (non-hydrogen) atoms. The molecule has 3 rings (SSSR count). The Labute approximate surface area is 198 Å². The van der Waals surface area contributed by atoms with E-state index in [-0.39, 0.29) is 25.0 Å². The lowest BCUT2D eigenvalue weighted by atomic mass is 10.1. The lowest BCUT2D eigenvalue weighted by Gasteiger charge is -2.29. The zero-order valence-electron chi connectivity index (χ0n) is 18.5. The quantitative estimate of drug-likeness (QED) is 0.489. The van der Waals surface area contributed by atoms with E-state index in [0.29, 0.717) is 23.1 Å². The largest absolute Gasteiger partial charge is 0.497 e. The predicted octanol–water partition coefficient (Wildman–Crippen LogP) is 3.86. The smallest absolute Gasteiger partial charge is 0.261 e. The van der Waals surface area contributed by atoms with Crippen molar-refractivity contribution >= 4 is 23.4 Å². The Kier molecular flexibility index (Phi) is 8.66. The van der Waals surface area contributed by atoms with Gasteiger partial charge in [0.25, 0.3) is 5.91 Å². The second-order valence-corrected chi connectivity index (χ2v) is 7.75. The monoisotopic (exact) mass is 467 g/mol. The number of methoxy groups -OCH3 is 1. The summed E-state index contributed by atoms with van der Waals surface area (Å²) in [5.74, 6) is 0.511. The minimum atomic E-state index is -0.726. The van der Waals surface area contributed by atoms with E-state index in [1.807, 2.05) is 36.4 Å². The van der Waals surface area contributed by atoms with Crippen LogP contribution in [0.15, 0.2) is 73.1 Å². The molecule has 0 saturated carbocycles. The molecule has 8 heteroatoms. The molecule has 0 spiro atoms. The highest BCUT2D eigenvalue weighted by atomic mass is 35.5. The number of carbonyl (C=O) groups is 2. The normalized spacial score (nSPS) is 11.4. The predicted molar refractivity (Wildman–Crippen MR) is 126 cm³/mol. The number of halogens is 1. The summed E-state index contributed by atoms with van der Waals surface area (Å²) in [5.41, 5.74) is 1.77. The van der Waals surface area contributed by atoms with Crippen LogP contribution in [0.2, 0.25) is 5.02 Å². The van der Waals surface area contributed by atoms with E-state index in [1.165, 1.54) is 4.90 Å². The number of carbonyl (C=O) groups excluding carboxylic acids is 2. The molecule has 7 nitrogen and oxygen atoms in total. The molecule has 0 unspecified atom stereocenters. The number of para-hydroxylation sites is 1. The molecule has 0 saturated heterocycles. The molecule has 0 fully saturated rings. The minimum absolute atomic E-state index is 0.235. The molecule has 2 amide bonds. The van der Waals surface area contributed by atoms with Gasteiger partial charge in [-0.15, -0.1) is 0 Å². The van der Waals surface area contributed by atoms with E-state index in [2.05, 4.69) is 10.3 Å².